The van der Waals surface area contributed by atoms with Crippen LogP contribution in [0.25, 0.3) is 11.3 Å². The lowest BCUT2D eigenvalue weighted by Crippen LogP contribution is -2.46. The van der Waals surface area contributed by atoms with E-state index in [2.05, 4.69) is 72.3 Å². The van der Waals surface area contributed by atoms with Crippen LogP contribution in [0.5, 0.6) is 0 Å². The van der Waals surface area contributed by atoms with Crippen molar-refractivity contribution in [1.29, 1.82) is 0 Å². The van der Waals surface area contributed by atoms with Crippen molar-refractivity contribution >= 4 is 28.6 Å². The number of nitrogens with one attached hydrogen (secondary N) is 1. The van der Waals surface area contributed by atoms with Gasteiger partial charge in [-0.3, -0.25) is 4.79 Å². The van der Waals surface area contributed by atoms with Crippen LogP contribution in [0.2, 0.25) is 0 Å². The molecule has 1 aromatic heterocycles. The Morgan fingerprint density at radius 2 is 1.75 bits per heavy atom. The van der Waals surface area contributed by atoms with Gasteiger partial charge in [-0.25, -0.2) is 4.98 Å². The highest BCUT2D eigenvalue weighted by Crippen LogP contribution is 2.29. The average molecular weight is 449 g/mol. The lowest BCUT2D eigenvalue weighted by molar-refractivity contribution is -0.115. The van der Waals surface area contributed by atoms with Gasteiger partial charge in [0.05, 0.1) is 17.1 Å². The van der Waals surface area contributed by atoms with E-state index in [1.807, 2.05) is 13.0 Å². The molecule has 0 saturated carbocycles. The summed E-state index contributed by atoms with van der Waals surface area (Å²) in [5.41, 5.74) is 6.40. The summed E-state index contributed by atoms with van der Waals surface area (Å²) >= 11 is 1.60. The summed E-state index contributed by atoms with van der Waals surface area (Å²) in [7, 11) is 0. The Balaban J connectivity index is 1.43. The molecule has 1 saturated heterocycles. The summed E-state index contributed by atoms with van der Waals surface area (Å²) in [6, 6.07) is 14.7. The van der Waals surface area contributed by atoms with E-state index in [9.17, 15) is 4.79 Å². The summed E-state index contributed by atoms with van der Waals surface area (Å²) in [6.07, 6.45) is 0.328. The highest BCUT2D eigenvalue weighted by Gasteiger charge is 2.18. The number of nitrogens with zero attached hydrogens (tertiary/aromatic N) is 3. The molecule has 0 bridgehead atoms. The molecular formula is C26H32N4OS. The zero-order valence-corrected chi connectivity index (χ0v) is 20.3. The number of thiazole rings is 1. The van der Waals surface area contributed by atoms with Crippen molar-refractivity contribution in [2.45, 2.75) is 34.1 Å². The third kappa shape index (κ3) is 5.19. The van der Waals surface area contributed by atoms with Crippen LogP contribution in [0.3, 0.4) is 0 Å². The highest BCUT2D eigenvalue weighted by atomic mass is 32.1. The van der Waals surface area contributed by atoms with Crippen LogP contribution < -0.4 is 10.2 Å². The topological polar surface area (TPSA) is 48.5 Å². The van der Waals surface area contributed by atoms with Crippen LogP contribution in [0.1, 0.15) is 27.9 Å². The third-order valence-electron chi connectivity index (χ3n) is 6.12. The van der Waals surface area contributed by atoms with E-state index in [1.165, 1.54) is 11.3 Å². The molecule has 2 aromatic carbocycles. The van der Waals surface area contributed by atoms with Gasteiger partial charge in [-0.15, -0.1) is 11.3 Å². The Kier molecular flexibility index (Phi) is 6.92. The molecule has 1 aliphatic rings. The smallest absolute Gasteiger partial charge is 0.229 e. The van der Waals surface area contributed by atoms with Gasteiger partial charge in [0.1, 0.15) is 0 Å². The van der Waals surface area contributed by atoms with E-state index < -0.39 is 0 Å². The molecule has 2 heterocycles. The first-order chi connectivity index (χ1) is 15.4. The molecular weight excluding hydrogens is 416 g/mol. The number of likely N-dealkylation sites (N-methyl/N-ethyl adjacent to an activating group) is 1. The van der Waals surface area contributed by atoms with Crippen molar-refractivity contribution in [2.24, 2.45) is 0 Å². The first kappa shape index (κ1) is 22.5. The first-order valence-electron chi connectivity index (χ1n) is 11.3. The average Bonchev–Trinajstić information content (AvgIpc) is 3.15. The van der Waals surface area contributed by atoms with Gasteiger partial charge in [-0.2, -0.15) is 0 Å². The normalized spacial score (nSPS) is 14.6. The molecule has 4 rings (SSSR count). The number of aryl methyl sites for hydroxylation is 3. The van der Waals surface area contributed by atoms with Gasteiger partial charge in [0.2, 0.25) is 5.91 Å². The SMILES string of the molecule is CCN1CCN(c2ccc(NC(=O)Cc3sc(C)nc3-c3ccc(C)cc3)c(C)c2)CC1. The van der Waals surface area contributed by atoms with Crippen molar-refractivity contribution in [2.75, 3.05) is 42.9 Å². The standard InChI is InChI=1S/C26H32N4OS/c1-5-29-12-14-30(15-13-29)22-10-11-23(19(3)16-22)28-25(31)17-24-26(27-20(4)32-24)21-8-6-18(2)7-9-21/h6-11,16H,5,12-15,17H2,1-4H3,(H,28,31). The number of anilines is 2. The van der Waals surface area contributed by atoms with Crippen LogP contribution in [0.4, 0.5) is 11.4 Å². The predicted octanol–water partition coefficient (Wildman–Crippen LogP) is 5.06. The van der Waals surface area contributed by atoms with Crippen LogP contribution in [0, 0.1) is 20.8 Å². The van der Waals surface area contributed by atoms with E-state index in [-0.39, 0.29) is 5.91 Å². The maximum absolute atomic E-state index is 12.9. The molecule has 3 aromatic rings. The molecule has 0 unspecified atom stereocenters. The second-order valence-corrected chi connectivity index (χ2v) is 9.80. The Labute approximate surface area is 195 Å². The van der Waals surface area contributed by atoms with E-state index in [0.29, 0.717) is 6.42 Å². The van der Waals surface area contributed by atoms with Gasteiger partial charge >= 0.3 is 0 Å². The summed E-state index contributed by atoms with van der Waals surface area (Å²) in [6.45, 7) is 13.8. The number of carbonyl (C=O) groups excluding carboxylic acids is 1. The largest absolute Gasteiger partial charge is 0.369 e. The molecule has 0 atom stereocenters. The lowest BCUT2D eigenvalue weighted by atomic mass is 10.1. The lowest BCUT2D eigenvalue weighted by Gasteiger charge is -2.35. The van der Waals surface area contributed by atoms with Crippen molar-refractivity contribution in [3.63, 3.8) is 0 Å². The van der Waals surface area contributed by atoms with Crippen LogP contribution in [-0.2, 0) is 11.2 Å². The molecule has 6 heteroatoms. The molecule has 32 heavy (non-hydrogen) atoms. The Bertz CT molecular complexity index is 1080. The first-order valence-corrected chi connectivity index (χ1v) is 12.2. The number of piperazine rings is 1. The summed E-state index contributed by atoms with van der Waals surface area (Å²) in [5.74, 6) is -0.00517. The Hall–Kier alpha value is -2.70. The van der Waals surface area contributed by atoms with Crippen molar-refractivity contribution in [3.8, 4) is 11.3 Å². The minimum Gasteiger partial charge on any atom is -0.369 e. The monoisotopic (exact) mass is 448 g/mol. The fourth-order valence-corrected chi connectivity index (χ4v) is 5.13. The van der Waals surface area contributed by atoms with E-state index >= 15 is 0 Å². The van der Waals surface area contributed by atoms with E-state index in [0.717, 1.165) is 65.1 Å². The second kappa shape index (κ2) is 9.84. The van der Waals surface area contributed by atoms with E-state index in [1.54, 1.807) is 11.3 Å². The number of amides is 1. The number of hydrogen-bond donors (Lipinski definition) is 1. The van der Waals surface area contributed by atoms with Gasteiger partial charge in [-0.05, 0) is 51.1 Å². The van der Waals surface area contributed by atoms with Gasteiger partial charge in [-0.1, -0.05) is 36.8 Å². The summed E-state index contributed by atoms with van der Waals surface area (Å²) in [5, 5.41) is 4.09. The third-order valence-corrected chi connectivity index (χ3v) is 7.09. The Morgan fingerprint density at radius 3 is 2.41 bits per heavy atom. The zero-order valence-electron chi connectivity index (χ0n) is 19.4. The highest BCUT2D eigenvalue weighted by molar-refractivity contribution is 7.12. The van der Waals surface area contributed by atoms with Gasteiger partial charge in [0.25, 0.3) is 0 Å². The molecule has 0 aliphatic carbocycles. The van der Waals surface area contributed by atoms with Crippen LogP contribution in [0.15, 0.2) is 42.5 Å². The fourth-order valence-electron chi connectivity index (χ4n) is 4.17. The minimum atomic E-state index is -0.00517. The molecule has 0 spiro atoms. The summed E-state index contributed by atoms with van der Waals surface area (Å²) < 4.78 is 0. The number of carbonyl (C=O) groups is 1. The van der Waals surface area contributed by atoms with Crippen molar-refractivity contribution in [1.82, 2.24) is 9.88 Å². The minimum absolute atomic E-state index is 0.00517. The fraction of sp³-hybridized carbons (Fsp3) is 0.385. The number of rotatable bonds is 6. The van der Waals surface area contributed by atoms with Crippen molar-refractivity contribution in [3.05, 3.63) is 63.5 Å². The zero-order chi connectivity index (χ0) is 22.7. The summed E-state index contributed by atoms with van der Waals surface area (Å²) in [4.78, 5) is 23.5. The molecule has 168 valence electrons. The molecule has 1 amide bonds. The Morgan fingerprint density at radius 1 is 1.03 bits per heavy atom. The number of hydrogen-bond acceptors (Lipinski definition) is 5. The maximum atomic E-state index is 12.9. The number of benzene rings is 2. The van der Waals surface area contributed by atoms with E-state index in [4.69, 9.17) is 4.98 Å². The molecule has 1 aliphatic heterocycles. The van der Waals surface area contributed by atoms with Crippen LogP contribution >= 0.6 is 11.3 Å². The predicted molar refractivity (Wildman–Crippen MR) is 135 cm³/mol. The molecule has 5 nitrogen and oxygen atoms in total. The second-order valence-electron chi connectivity index (χ2n) is 8.52. The number of aromatic nitrogens is 1. The van der Waals surface area contributed by atoms with Gasteiger partial charge in [0, 0.05) is 48.0 Å². The quantitative estimate of drug-likeness (QED) is 0.573. The van der Waals surface area contributed by atoms with Crippen molar-refractivity contribution < 1.29 is 4.79 Å². The molecule has 1 fully saturated rings. The van der Waals surface area contributed by atoms with Crippen LogP contribution in [-0.4, -0.2) is 48.5 Å². The maximum Gasteiger partial charge on any atom is 0.229 e. The van der Waals surface area contributed by atoms with Gasteiger partial charge < -0.3 is 15.1 Å². The molecule has 0 radical (unpaired) electrons. The molecule has 1 N–H and O–H groups in total. The van der Waals surface area contributed by atoms with Gasteiger partial charge in [0.15, 0.2) is 0 Å².